The van der Waals surface area contributed by atoms with Crippen LogP contribution in [0.2, 0.25) is 0 Å². The number of carbonyl (C=O) groups is 4. The van der Waals surface area contributed by atoms with Crippen molar-refractivity contribution >= 4 is 23.8 Å². The van der Waals surface area contributed by atoms with Crippen LogP contribution >= 0.6 is 0 Å². The molecular weight excluding hydrogens is 754 g/mol. The van der Waals surface area contributed by atoms with Crippen LogP contribution in [0.1, 0.15) is 94.1 Å². The zero-order valence-electron chi connectivity index (χ0n) is 35.7. The van der Waals surface area contributed by atoms with Gasteiger partial charge in [-0.25, -0.2) is 9.59 Å². The highest BCUT2D eigenvalue weighted by molar-refractivity contribution is 5.89. The predicted octanol–water partition coefficient (Wildman–Crippen LogP) is 4.26. The number of esters is 2. The van der Waals surface area contributed by atoms with Gasteiger partial charge in [-0.1, -0.05) is 31.1 Å². The maximum Gasteiger partial charge on any atom is 0.408 e. The molecule has 2 bridgehead atoms. The molecule has 0 spiro atoms. The van der Waals surface area contributed by atoms with Crippen LogP contribution in [0.25, 0.3) is 0 Å². The van der Waals surface area contributed by atoms with Gasteiger partial charge in [-0.2, -0.15) is 0 Å². The van der Waals surface area contributed by atoms with Gasteiger partial charge in [-0.15, -0.1) is 0 Å². The fourth-order valence-electron chi connectivity index (χ4n) is 9.45. The highest BCUT2D eigenvalue weighted by atomic mass is 16.6. The number of aliphatic hydroxyl groups excluding tert-OH is 2. The molecule has 0 radical (unpaired) electrons. The predicted molar refractivity (Wildman–Crippen MR) is 209 cm³/mol. The Hall–Kier alpha value is -4.02. The summed E-state index contributed by atoms with van der Waals surface area (Å²) in [6, 6.07) is 3.89. The summed E-state index contributed by atoms with van der Waals surface area (Å²) in [7, 11) is 3.01. The molecule has 5 rings (SSSR count). The Balaban J connectivity index is 1.65. The van der Waals surface area contributed by atoms with E-state index in [0.717, 1.165) is 0 Å². The number of amides is 1. The van der Waals surface area contributed by atoms with Crippen LogP contribution < -0.4 is 14.8 Å². The number of methoxy groups -OCH3 is 2. The molecule has 1 saturated heterocycles. The largest absolute Gasteiger partial charge is 0.497 e. The molecule has 3 fully saturated rings. The minimum Gasteiger partial charge on any atom is -0.497 e. The number of hydrogen-bond acceptors (Lipinski definition) is 14. The number of fused-ring (bicyclic) bond motifs is 5. The second-order valence-electron chi connectivity index (χ2n) is 18.1. The topological polar surface area (TPSA) is 206 Å². The molecule has 15 heteroatoms. The van der Waals surface area contributed by atoms with E-state index in [0.29, 0.717) is 33.8 Å². The van der Waals surface area contributed by atoms with E-state index < -0.39 is 93.9 Å². The first-order chi connectivity index (χ1) is 26.9. The Morgan fingerprint density at radius 1 is 1.09 bits per heavy atom. The number of hydrogen-bond donors (Lipinski definition) is 4. The van der Waals surface area contributed by atoms with E-state index >= 15 is 0 Å². The van der Waals surface area contributed by atoms with Gasteiger partial charge in [0.15, 0.2) is 11.7 Å². The van der Waals surface area contributed by atoms with Crippen LogP contribution in [0.15, 0.2) is 41.0 Å². The van der Waals surface area contributed by atoms with E-state index in [1.54, 1.807) is 80.5 Å². The Kier molecular flexibility index (Phi) is 12.6. The maximum atomic E-state index is 15.0. The van der Waals surface area contributed by atoms with E-state index in [2.05, 4.69) is 5.32 Å². The third kappa shape index (κ3) is 8.00. The number of Topliss-reactive ketones (excluding diaryl/α,β-unsaturated/α-hetero) is 1. The van der Waals surface area contributed by atoms with Gasteiger partial charge < -0.3 is 53.8 Å². The molecule has 322 valence electrons. The number of allylic oxidation sites excluding steroid dienone is 1. The first-order valence-corrected chi connectivity index (χ1v) is 19.7. The summed E-state index contributed by atoms with van der Waals surface area (Å²) in [4.78, 5) is 54.6. The Labute approximate surface area is 340 Å². The quantitative estimate of drug-likeness (QED) is 0.140. The molecule has 0 aromatic heterocycles. The zero-order chi connectivity index (χ0) is 43.3. The van der Waals surface area contributed by atoms with E-state index in [-0.39, 0.29) is 32.5 Å². The summed E-state index contributed by atoms with van der Waals surface area (Å²) in [6.07, 6.45) is -6.52. The maximum absolute atomic E-state index is 15.0. The van der Waals surface area contributed by atoms with Crippen molar-refractivity contribution < 1.29 is 67.7 Å². The summed E-state index contributed by atoms with van der Waals surface area (Å²) in [5, 5.41) is 39.4. The molecule has 3 aliphatic carbocycles. The lowest BCUT2D eigenvalue weighted by Crippen LogP contribution is -2.80. The highest BCUT2D eigenvalue weighted by Crippen LogP contribution is 2.64. The van der Waals surface area contributed by atoms with Crippen LogP contribution in [-0.4, -0.2) is 113 Å². The molecule has 15 nitrogen and oxygen atoms in total. The summed E-state index contributed by atoms with van der Waals surface area (Å²) in [5.74, 6) is -2.37. The van der Waals surface area contributed by atoms with E-state index in [9.17, 15) is 34.5 Å². The molecule has 58 heavy (non-hydrogen) atoms. The summed E-state index contributed by atoms with van der Waals surface area (Å²) >= 11 is 0. The van der Waals surface area contributed by atoms with E-state index in [1.807, 2.05) is 0 Å². The smallest absolute Gasteiger partial charge is 0.408 e. The molecule has 4 N–H and O–H groups in total. The number of rotatable bonds is 11. The van der Waals surface area contributed by atoms with Gasteiger partial charge in [0.25, 0.3) is 0 Å². The first kappa shape index (κ1) is 45.1. The average molecular weight is 816 g/mol. The lowest BCUT2D eigenvalue weighted by molar-refractivity contribution is -0.350. The van der Waals surface area contributed by atoms with Crippen molar-refractivity contribution in [2.75, 3.05) is 20.8 Å². The number of nitrogens with one attached hydrogen (secondary N) is 1. The Morgan fingerprint density at radius 2 is 1.76 bits per heavy atom. The van der Waals surface area contributed by atoms with Crippen LogP contribution in [-0.2, 0) is 44.7 Å². The third-order valence-electron chi connectivity index (χ3n) is 12.6. The highest BCUT2D eigenvalue weighted by Gasteiger charge is 2.76. The van der Waals surface area contributed by atoms with Crippen molar-refractivity contribution in [2.45, 2.75) is 148 Å². The van der Waals surface area contributed by atoms with Crippen LogP contribution in [0.5, 0.6) is 11.5 Å². The van der Waals surface area contributed by atoms with E-state index in [1.165, 1.54) is 27.2 Å². The Bertz CT molecular complexity index is 1840. The van der Waals surface area contributed by atoms with Crippen LogP contribution in [0.4, 0.5) is 4.79 Å². The normalized spacial score (nSPS) is 32.4. The number of ketones is 1. The summed E-state index contributed by atoms with van der Waals surface area (Å²) in [5.41, 5.74) is -5.07. The number of benzene rings is 1. The van der Waals surface area contributed by atoms with Gasteiger partial charge in [0, 0.05) is 43.1 Å². The van der Waals surface area contributed by atoms with Gasteiger partial charge >= 0.3 is 18.0 Å². The lowest BCUT2D eigenvalue weighted by Gasteiger charge is -2.67. The Morgan fingerprint density at radius 3 is 2.31 bits per heavy atom. The lowest BCUT2D eigenvalue weighted by atomic mass is 9.45. The monoisotopic (exact) mass is 815 g/mol. The minimum atomic E-state index is -2.01. The minimum absolute atomic E-state index is 0.00932. The number of carbonyl (C=O) groups excluding carboxylic acids is 4. The number of aliphatic hydroxyl groups is 3. The van der Waals surface area contributed by atoms with Crippen molar-refractivity contribution in [1.29, 1.82) is 0 Å². The number of alkyl carbamates (subject to hydrolysis) is 1. The van der Waals surface area contributed by atoms with Gasteiger partial charge in [0.2, 0.25) is 0 Å². The first-order valence-electron chi connectivity index (χ1n) is 19.7. The van der Waals surface area contributed by atoms with Crippen molar-refractivity contribution in [1.82, 2.24) is 5.32 Å². The third-order valence-corrected chi connectivity index (χ3v) is 12.6. The van der Waals surface area contributed by atoms with Gasteiger partial charge in [0.1, 0.15) is 40.7 Å². The summed E-state index contributed by atoms with van der Waals surface area (Å²) in [6.45, 7) is 16.3. The van der Waals surface area contributed by atoms with Crippen molar-refractivity contribution in [3.05, 3.63) is 46.6 Å². The van der Waals surface area contributed by atoms with Crippen LogP contribution in [0, 0.1) is 16.7 Å². The summed E-state index contributed by atoms with van der Waals surface area (Å²) < 4.78 is 41.5. The molecule has 2 saturated carbocycles. The second kappa shape index (κ2) is 16.2. The zero-order valence-corrected chi connectivity index (χ0v) is 35.7. The second-order valence-corrected chi connectivity index (χ2v) is 18.1. The molecule has 1 aromatic carbocycles. The van der Waals surface area contributed by atoms with Crippen LogP contribution in [0.3, 0.4) is 0 Å². The van der Waals surface area contributed by atoms with Crippen molar-refractivity contribution in [3.8, 4) is 11.5 Å². The molecular formula is C43H61NO14. The van der Waals surface area contributed by atoms with Gasteiger partial charge in [-0.3, -0.25) is 9.59 Å². The fourth-order valence-corrected chi connectivity index (χ4v) is 9.45. The molecule has 1 heterocycles. The molecule has 1 aromatic rings. The molecule has 10 atom stereocenters. The molecule has 1 amide bonds. The standard InChI is InChI=1S/C43H61NO14/c1-22(2)15-28(44-38(50)58-39(5,6)7)34(48)37(49)56-30-19-43(51)36(54-20-25-16-26(52-11)13-14-29(25)53-12)35-41(10,31(46)17-27(23(30)3)40(43,8)9)32(47)18-33-42(35,21-55-33)57-24(4)45/h13-16,28,30,32-36,47-48,51H,17-21H2,1-12H3,(H,44,50). The molecule has 1 aliphatic heterocycles. The SMILES string of the molecule is COc1ccc(OC)c(COC2C3C4(OC(C)=O)COC4CC(O)C3(C)C(=O)CC3=C(C)C(OC(=O)C(O)C(C=C(C)C)NC(=O)OC(C)(C)C)CC2(O)C3(C)C)c1. The molecule has 10 unspecified atom stereocenters. The van der Waals surface area contributed by atoms with Gasteiger partial charge in [0.05, 0.1) is 51.1 Å². The average Bonchev–Trinajstić information content (AvgIpc) is 3.11. The number of ether oxygens (including phenoxy) is 7. The van der Waals surface area contributed by atoms with Crippen molar-refractivity contribution in [2.24, 2.45) is 16.7 Å². The van der Waals surface area contributed by atoms with E-state index in [4.69, 9.17) is 33.2 Å². The van der Waals surface area contributed by atoms with Crippen molar-refractivity contribution in [3.63, 3.8) is 0 Å². The van der Waals surface area contributed by atoms with Gasteiger partial charge in [-0.05, 0) is 72.2 Å². The fraction of sp³-hybridized carbons (Fsp3) is 0.674. The molecule has 4 aliphatic rings.